The van der Waals surface area contributed by atoms with Gasteiger partial charge in [0.05, 0.1) is 30.9 Å². The first kappa shape index (κ1) is 24.9. The van der Waals surface area contributed by atoms with Crippen LogP contribution in [-0.4, -0.2) is 70.7 Å². The first-order valence-electron chi connectivity index (χ1n) is 12.1. The second-order valence-corrected chi connectivity index (χ2v) is 8.88. The van der Waals surface area contributed by atoms with Crippen molar-refractivity contribution >= 4 is 40.1 Å². The molecule has 3 heterocycles. The molecule has 0 unspecified atom stereocenters. The van der Waals surface area contributed by atoms with Gasteiger partial charge in [-0.3, -0.25) is 14.2 Å². The Morgan fingerprint density at radius 2 is 1.87 bits per heavy atom. The Hall–Kier alpha value is -4.77. The monoisotopic (exact) mass is 512 g/mol. The number of carbonyl (C=O) groups excluding carboxylic acids is 1. The lowest BCUT2D eigenvalue weighted by Gasteiger charge is -2.34. The van der Waals surface area contributed by atoms with Crippen molar-refractivity contribution in [1.82, 2.24) is 24.4 Å². The summed E-state index contributed by atoms with van der Waals surface area (Å²) in [7, 11) is 3.78. The summed E-state index contributed by atoms with van der Waals surface area (Å²) in [6, 6.07) is 12.8. The number of nitrogens with zero attached hydrogens (tertiary/aromatic N) is 6. The van der Waals surface area contributed by atoms with Gasteiger partial charge in [0, 0.05) is 43.6 Å². The molecule has 2 aromatic carbocycles. The molecular weight excluding hydrogens is 484 g/mol. The summed E-state index contributed by atoms with van der Waals surface area (Å²) >= 11 is 0. The quantitative estimate of drug-likeness (QED) is 0.361. The molecule has 2 N–H and O–H groups in total. The van der Waals surface area contributed by atoms with Crippen molar-refractivity contribution in [2.75, 3.05) is 55.9 Å². The number of amides is 1. The van der Waals surface area contributed by atoms with E-state index in [0.29, 0.717) is 28.5 Å². The number of carbonyl (C=O) groups is 1. The maximum absolute atomic E-state index is 12.9. The molecule has 38 heavy (non-hydrogen) atoms. The zero-order valence-corrected chi connectivity index (χ0v) is 21.2. The number of ether oxygens (including phenoxy) is 1. The number of methoxy groups -OCH3 is 1. The van der Waals surface area contributed by atoms with Crippen LogP contribution in [0.2, 0.25) is 0 Å². The van der Waals surface area contributed by atoms with Gasteiger partial charge in [0.1, 0.15) is 11.3 Å². The predicted octanol–water partition coefficient (Wildman–Crippen LogP) is 2.80. The fourth-order valence-electron chi connectivity index (χ4n) is 4.33. The minimum absolute atomic E-state index is 0.296. The molecule has 2 aromatic heterocycles. The third-order valence-corrected chi connectivity index (χ3v) is 6.33. The Morgan fingerprint density at radius 3 is 2.63 bits per heavy atom. The van der Waals surface area contributed by atoms with Crippen molar-refractivity contribution in [3.63, 3.8) is 0 Å². The zero-order valence-electron chi connectivity index (χ0n) is 21.2. The van der Waals surface area contributed by atoms with Gasteiger partial charge in [-0.25, -0.2) is 9.97 Å². The average Bonchev–Trinajstić information content (AvgIpc) is 2.93. The number of hydrogen-bond donors (Lipinski definition) is 2. The van der Waals surface area contributed by atoms with E-state index in [0.717, 1.165) is 43.3 Å². The molecule has 0 bridgehead atoms. The molecule has 1 amide bonds. The Kier molecular flexibility index (Phi) is 7.00. The fourth-order valence-corrected chi connectivity index (χ4v) is 4.33. The second kappa shape index (κ2) is 10.7. The summed E-state index contributed by atoms with van der Waals surface area (Å²) in [5.74, 6) is 0.693. The number of piperazine rings is 1. The molecule has 11 nitrogen and oxygen atoms in total. The SMILES string of the molecule is C=CC(=O)Nc1cccc(-n2c(=O)cnc3cnc(Nc4ccc(N5CCN(C)CC5)c(OC)c4)nc32)c1. The van der Waals surface area contributed by atoms with Crippen LogP contribution in [0.15, 0.2) is 72.3 Å². The minimum Gasteiger partial charge on any atom is -0.495 e. The van der Waals surface area contributed by atoms with E-state index in [4.69, 9.17) is 4.74 Å². The van der Waals surface area contributed by atoms with E-state index in [1.165, 1.54) is 16.8 Å². The highest BCUT2D eigenvalue weighted by molar-refractivity contribution is 5.99. The van der Waals surface area contributed by atoms with Gasteiger partial charge in [0.15, 0.2) is 5.65 Å². The normalized spacial score (nSPS) is 13.8. The number of fused-ring (bicyclic) bond motifs is 1. The van der Waals surface area contributed by atoms with Crippen molar-refractivity contribution in [2.45, 2.75) is 0 Å². The standard InChI is InChI=1S/C27H28N8O3/c1-4-24(36)30-18-6-5-7-20(14-18)35-25(37)17-28-21-16-29-27(32-26(21)35)31-19-8-9-22(23(15-19)38-3)34-12-10-33(2)11-13-34/h4-9,14-17H,1,10-13H2,2-3H3,(H,30,36)(H,29,31,32). The average molecular weight is 513 g/mol. The third kappa shape index (κ3) is 5.18. The van der Waals surface area contributed by atoms with Crippen LogP contribution >= 0.6 is 0 Å². The lowest BCUT2D eigenvalue weighted by atomic mass is 10.2. The van der Waals surface area contributed by atoms with Gasteiger partial charge < -0.3 is 25.2 Å². The molecule has 1 fully saturated rings. The fraction of sp³-hybridized carbons (Fsp3) is 0.222. The predicted molar refractivity (Wildman–Crippen MR) is 148 cm³/mol. The minimum atomic E-state index is -0.368. The molecule has 11 heteroatoms. The smallest absolute Gasteiger partial charge is 0.275 e. The summed E-state index contributed by atoms with van der Waals surface area (Å²) < 4.78 is 7.11. The van der Waals surface area contributed by atoms with E-state index < -0.39 is 0 Å². The van der Waals surface area contributed by atoms with Gasteiger partial charge in [-0.2, -0.15) is 4.98 Å². The van der Waals surface area contributed by atoms with Gasteiger partial charge in [-0.05, 0) is 43.5 Å². The summed E-state index contributed by atoms with van der Waals surface area (Å²) in [6.07, 6.45) is 3.95. The lowest BCUT2D eigenvalue weighted by molar-refractivity contribution is -0.111. The zero-order chi connectivity index (χ0) is 26.6. The van der Waals surface area contributed by atoms with Crippen LogP contribution in [0, 0.1) is 0 Å². The number of nitrogens with one attached hydrogen (secondary N) is 2. The highest BCUT2D eigenvalue weighted by Crippen LogP contribution is 2.32. The molecular formula is C27H28N8O3. The Labute approximate surface area is 219 Å². The molecule has 1 aliphatic rings. The van der Waals surface area contributed by atoms with E-state index in [1.54, 1.807) is 37.6 Å². The van der Waals surface area contributed by atoms with Crippen LogP contribution < -0.4 is 25.8 Å². The first-order valence-corrected chi connectivity index (χ1v) is 12.1. The first-order chi connectivity index (χ1) is 18.4. The highest BCUT2D eigenvalue weighted by atomic mass is 16.5. The lowest BCUT2D eigenvalue weighted by Crippen LogP contribution is -2.44. The van der Waals surface area contributed by atoms with E-state index in [-0.39, 0.29) is 11.5 Å². The molecule has 0 saturated carbocycles. The maximum Gasteiger partial charge on any atom is 0.275 e. The molecule has 1 saturated heterocycles. The van der Waals surface area contributed by atoms with Crippen molar-refractivity contribution in [3.05, 3.63) is 77.9 Å². The van der Waals surface area contributed by atoms with Gasteiger partial charge in [-0.15, -0.1) is 0 Å². The van der Waals surface area contributed by atoms with E-state index >= 15 is 0 Å². The van der Waals surface area contributed by atoms with Crippen LogP contribution in [0.4, 0.5) is 23.0 Å². The van der Waals surface area contributed by atoms with Crippen molar-refractivity contribution in [2.24, 2.45) is 0 Å². The number of rotatable bonds is 7. The summed E-state index contributed by atoms with van der Waals surface area (Å²) in [5.41, 5.74) is 3.21. The van der Waals surface area contributed by atoms with Crippen LogP contribution in [0.5, 0.6) is 5.75 Å². The largest absolute Gasteiger partial charge is 0.495 e. The molecule has 0 atom stereocenters. The number of benzene rings is 2. The van der Waals surface area contributed by atoms with Gasteiger partial charge >= 0.3 is 0 Å². The number of anilines is 4. The van der Waals surface area contributed by atoms with Crippen LogP contribution in [-0.2, 0) is 4.79 Å². The van der Waals surface area contributed by atoms with E-state index in [1.807, 2.05) is 18.2 Å². The summed E-state index contributed by atoms with van der Waals surface area (Å²) in [5, 5.41) is 5.91. The van der Waals surface area contributed by atoms with Crippen LogP contribution in [0.3, 0.4) is 0 Å². The Balaban J connectivity index is 1.47. The van der Waals surface area contributed by atoms with Gasteiger partial charge in [-0.1, -0.05) is 12.6 Å². The Morgan fingerprint density at radius 1 is 1.05 bits per heavy atom. The summed E-state index contributed by atoms with van der Waals surface area (Å²) in [6.45, 7) is 7.31. The topological polar surface area (TPSA) is 118 Å². The summed E-state index contributed by atoms with van der Waals surface area (Å²) in [4.78, 5) is 42.4. The van der Waals surface area contributed by atoms with Crippen LogP contribution in [0.25, 0.3) is 16.9 Å². The van der Waals surface area contributed by atoms with Crippen LogP contribution in [0.1, 0.15) is 0 Å². The van der Waals surface area contributed by atoms with E-state index in [9.17, 15) is 9.59 Å². The van der Waals surface area contributed by atoms with Gasteiger partial charge in [0.2, 0.25) is 11.9 Å². The highest BCUT2D eigenvalue weighted by Gasteiger charge is 2.18. The second-order valence-electron chi connectivity index (χ2n) is 8.88. The molecule has 0 spiro atoms. The molecule has 1 aliphatic heterocycles. The maximum atomic E-state index is 12.9. The van der Waals surface area contributed by atoms with Crippen molar-refractivity contribution < 1.29 is 9.53 Å². The van der Waals surface area contributed by atoms with Crippen molar-refractivity contribution in [1.29, 1.82) is 0 Å². The number of likely N-dealkylation sites (N-methyl/N-ethyl adjacent to an activating group) is 1. The van der Waals surface area contributed by atoms with Crippen molar-refractivity contribution in [3.8, 4) is 11.4 Å². The third-order valence-electron chi connectivity index (χ3n) is 6.33. The molecule has 0 aliphatic carbocycles. The Bertz CT molecular complexity index is 1560. The number of aromatic nitrogens is 4. The van der Waals surface area contributed by atoms with E-state index in [2.05, 4.69) is 49.0 Å². The molecule has 194 valence electrons. The molecule has 5 rings (SSSR count). The molecule has 0 radical (unpaired) electrons. The van der Waals surface area contributed by atoms with Gasteiger partial charge in [0.25, 0.3) is 5.56 Å². The molecule has 4 aromatic rings. The number of hydrogen-bond acceptors (Lipinski definition) is 9.